The second kappa shape index (κ2) is 8.17. The lowest BCUT2D eigenvalue weighted by molar-refractivity contribution is 0.0626. The predicted molar refractivity (Wildman–Crippen MR) is 109 cm³/mol. The lowest BCUT2D eigenvalue weighted by atomic mass is 10.2. The van der Waals surface area contributed by atoms with E-state index in [-0.39, 0.29) is 5.91 Å². The first-order valence-corrected chi connectivity index (χ1v) is 9.77. The van der Waals surface area contributed by atoms with Crippen LogP contribution in [0.5, 0.6) is 0 Å². The summed E-state index contributed by atoms with van der Waals surface area (Å²) in [4.78, 5) is 21.5. The summed E-state index contributed by atoms with van der Waals surface area (Å²) in [5, 5.41) is 0.661. The zero-order valence-electron chi connectivity index (χ0n) is 15.8. The predicted octanol–water partition coefficient (Wildman–Crippen LogP) is 4.26. The molecule has 0 bridgehead atoms. The zero-order valence-corrected chi connectivity index (χ0v) is 16.5. The molecule has 0 N–H and O–H groups in total. The number of carbonyl (C=O) groups excluding carboxylic acids is 1. The molecule has 0 atom stereocenters. The lowest BCUT2D eigenvalue weighted by Gasteiger charge is -2.34. The summed E-state index contributed by atoms with van der Waals surface area (Å²) >= 11 is 6.07. The molecule has 0 spiro atoms. The van der Waals surface area contributed by atoms with Crippen LogP contribution in [-0.4, -0.2) is 46.9 Å². The molecule has 3 aromatic rings. The maximum absolute atomic E-state index is 12.6. The molecule has 1 fully saturated rings. The van der Waals surface area contributed by atoms with Gasteiger partial charge in [0.25, 0.3) is 5.91 Å². The van der Waals surface area contributed by atoms with Crippen LogP contribution in [0.1, 0.15) is 21.8 Å². The molecule has 0 radical (unpaired) electrons. The minimum atomic E-state index is 0.0982. The van der Waals surface area contributed by atoms with E-state index < -0.39 is 0 Å². The van der Waals surface area contributed by atoms with E-state index in [0.29, 0.717) is 30.5 Å². The van der Waals surface area contributed by atoms with Gasteiger partial charge in [0.1, 0.15) is 5.76 Å². The molecular weight excluding hydrogens is 374 g/mol. The van der Waals surface area contributed by atoms with Gasteiger partial charge < -0.3 is 9.32 Å². The van der Waals surface area contributed by atoms with Crippen molar-refractivity contribution in [1.82, 2.24) is 14.8 Å². The van der Waals surface area contributed by atoms with Crippen LogP contribution in [-0.2, 0) is 6.54 Å². The van der Waals surface area contributed by atoms with Crippen molar-refractivity contribution in [3.63, 3.8) is 0 Å². The average Bonchev–Trinajstić information content (AvgIpc) is 3.09. The summed E-state index contributed by atoms with van der Waals surface area (Å²) in [5.74, 6) is 1.51. The third kappa shape index (κ3) is 4.11. The van der Waals surface area contributed by atoms with Crippen molar-refractivity contribution in [3.8, 4) is 11.5 Å². The third-order valence-electron chi connectivity index (χ3n) is 5.02. The molecule has 1 amide bonds. The number of halogens is 1. The number of rotatable bonds is 4. The fraction of sp³-hybridized carbons (Fsp3) is 0.273. The number of aryl methyl sites for hydroxylation is 1. The first-order chi connectivity index (χ1) is 13.6. The molecule has 2 aromatic carbocycles. The van der Waals surface area contributed by atoms with E-state index in [0.717, 1.165) is 35.7 Å². The fourth-order valence-electron chi connectivity index (χ4n) is 3.40. The fourth-order valence-corrected chi connectivity index (χ4v) is 3.59. The second-order valence-corrected chi connectivity index (χ2v) is 7.40. The topological polar surface area (TPSA) is 49.6 Å². The number of aromatic nitrogens is 1. The molecule has 4 rings (SSSR count). The highest BCUT2D eigenvalue weighted by Gasteiger charge is 2.23. The van der Waals surface area contributed by atoms with Crippen molar-refractivity contribution in [3.05, 3.63) is 76.6 Å². The van der Waals surface area contributed by atoms with Crippen LogP contribution in [0.25, 0.3) is 11.5 Å². The Balaban J connectivity index is 1.38. The molecule has 5 nitrogen and oxygen atoms in total. The second-order valence-electron chi connectivity index (χ2n) is 6.97. The number of hydrogen-bond acceptors (Lipinski definition) is 4. The van der Waals surface area contributed by atoms with Gasteiger partial charge >= 0.3 is 0 Å². The Hall–Kier alpha value is -2.63. The van der Waals surface area contributed by atoms with Crippen LogP contribution in [0.15, 0.2) is 59.0 Å². The van der Waals surface area contributed by atoms with Gasteiger partial charge in [-0.15, -0.1) is 0 Å². The zero-order chi connectivity index (χ0) is 19.5. The van der Waals surface area contributed by atoms with Crippen molar-refractivity contribution >= 4 is 17.5 Å². The first-order valence-electron chi connectivity index (χ1n) is 9.39. The number of hydrogen-bond donors (Lipinski definition) is 0. The number of piperazine rings is 1. The Morgan fingerprint density at radius 3 is 2.54 bits per heavy atom. The van der Waals surface area contributed by atoms with E-state index >= 15 is 0 Å². The lowest BCUT2D eigenvalue weighted by Crippen LogP contribution is -2.48. The summed E-state index contributed by atoms with van der Waals surface area (Å²) in [6.45, 7) is 5.71. The highest BCUT2D eigenvalue weighted by atomic mass is 35.5. The van der Waals surface area contributed by atoms with Crippen molar-refractivity contribution in [1.29, 1.82) is 0 Å². The van der Waals surface area contributed by atoms with Gasteiger partial charge in [-0.2, -0.15) is 0 Å². The quantitative estimate of drug-likeness (QED) is 0.662. The molecule has 2 heterocycles. The van der Waals surface area contributed by atoms with Gasteiger partial charge in [-0.3, -0.25) is 9.69 Å². The van der Waals surface area contributed by atoms with Crippen molar-refractivity contribution < 1.29 is 9.21 Å². The van der Waals surface area contributed by atoms with Crippen LogP contribution in [0.3, 0.4) is 0 Å². The van der Waals surface area contributed by atoms with E-state index in [9.17, 15) is 4.79 Å². The molecule has 0 saturated carbocycles. The summed E-state index contributed by atoms with van der Waals surface area (Å²) in [6, 6.07) is 17.0. The Bertz CT molecular complexity index is 963. The van der Waals surface area contributed by atoms with Crippen molar-refractivity contribution in [2.45, 2.75) is 13.5 Å². The molecule has 1 saturated heterocycles. The highest BCUT2D eigenvalue weighted by Crippen LogP contribution is 2.25. The van der Waals surface area contributed by atoms with Gasteiger partial charge in [0.05, 0.1) is 5.69 Å². The molecule has 28 heavy (non-hydrogen) atoms. The molecule has 0 aliphatic carbocycles. The largest absolute Gasteiger partial charge is 0.441 e. The maximum Gasteiger partial charge on any atom is 0.253 e. The summed E-state index contributed by atoms with van der Waals surface area (Å²) < 4.78 is 5.85. The Morgan fingerprint density at radius 1 is 1.07 bits per heavy atom. The van der Waals surface area contributed by atoms with Gasteiger partial charge in [0.2, 0.25) is 5.89 Å². The molecule has 0 unspecified atom stereocenters. The Kier molecular flexibility index (Phi) is 5.46. The maximum atomic E-state index is 12.6. The molecule has 144 valence electrons. The minimum Gasteiger partial charge on any atom is -0.441 e. The molecule has 1 aliphatic rings. The normalized spacial score (nSPS) is 15.0. The van der Waals surface area contributed by atoms with Gasteiger partial charge in [0.15, 0.2) is 0 Å². The SMILES string of the molecule is Cc1oc(-c2cccc(Cl)c2)nc1CN1CCN(C(=O)c2ccccc2)CC1. The standard InChI is InChI=1S/C22H22ClN3O2/c1-16-20(24-21(28-16)18-8-5-9-19(23)14-18)15-25-10-12-26(13-11-25)22(27)17-6-3-2-4-7-17/h2-9,14H,10-13,15H2,1H3. The smallest absolute Gasteiger partial charge is 0.253 e. The van der Waals surface area contributed by atoms with Crippen molar-refractivity contribution in [2.24, 2.45) is 0 Å². The number of benzene rings is 2. The monoisotopic (exact) mass is 395 g/mol. The first kappa shape index (κ1) is 18.7. The highest BCUT2D eigenvalue weighted by molar-refractivity contribution is 6.30. The number of oxazole rings is 1. The minimum absolute atomic E-state index is 0.0982. The van der Waals surface area contributed by atoms with E-state index in [1.165, 1.54) is 0 Å². The van der Waals surface area contributed by atoms with Gasteiger partial charge in [0, 0.05) is 48.9 Å². The number of carbonyl (C=O) groups is 1. The van der Waals surface area contributed by atoms with Crippen LogP contribution >= 0.6 is 11.6 Å². The molecule has 1 aliphatic heterocycles. The van der Waals surface area contributed by atoms with E-state index in [2.05, 4.69) is 9.88 Å². The van der Waals surface area contributed by atoms with Gasteiger partial charge in [-0.05, 0) is 37.3 Å². The summed E-state index contributed by atoms with van der Waals surface area (Å²) in [6.07, 6.45) is 0. The average molecular weight is 396 g/mol. The molecule has 6 heteroatoms. The third-order valence-corrected chi connectivity index (χ3v) is 5.25. The van der Waals surface area contributed by atoms with Crippen LogP contribution in [0, 0.1) is 6.92 Å². The Labute approximate surface area is 169 Å². The summed E-state index contributed by atoms with van der Waals surface area (Å²) in [5.41, 5.74) is 2.55. The van der Waals surface area contributed by atoms with E-state index in [4.69, 9.17) is 16.0 Å². The van der Waals surface area contributed by atoms with E-state index in [1.54, 1.807) is 0 Å². The van der Waals surface area contributed by atoms with Crippen LogP contribution in [0.4, 0.5) is 0 Å². The number of amides is 1. The Morgan fingerprint density at radius 2 is 1.82 bits per heavy atom. The van der Waals surface area contributed by atoms with Gasteiger partial charge in [-0.1, -0.05) is 35.9 Å². The van der Waals surface area contributed by atoms with E-state index in [1.807, 2.05) is 66.4 Å². The van der Waals surface area contributed by atoms with Gasteiger partial charge in [-0.25, -0.2) is 4.98 Å². The van der Waals surface area contributed by atoms with Crippen LogP contribution in [0.2, 0.25) is 5.02 Å². The van der Waals surface area contributed by atoms with Crippen LogP contribution < -0.4 is 0 Å². The number of nitrogens with zero attached hydrogens (tertiary/aromatic N) is 3. The molecular formula is C22H22ClN3O2. The van der Waals surface area contributed by atoms with Crippen molar-refractivity contribution in [2.75, 3.05) is 26.2 Å². The summed E-state index contributed by atoms with van der Waals surface area (Å²) in [7, 11) is 0. The molecule has 1 aromatic heterocycles.